The first-order valence-electron chi connectivity index (χ1n) is 8.42. The summed E-state index contributed by atoms with van der Waals surface area (Å²) in [6.07, 6.45) is 0.453. The number of amides is 1. The molecule has 2 rings (SSSR count). The first-order chi connectivity index (χ1) is 12.0. The Labute approximate surface area is 176 Å². The molecule has 0 aromatic heterocycles. The number of aliphatic hydroxyl groups excluding tert-OH is 1. The monoisotopic (exact) mass is 496 g/mol. The average molecular weight is 497 g/mol. The molecule has 0 radical (unpaired) electrons. The quantitative estimate of drug-likeness (QED) is 0.330. The number of piperidine rings is 1. The zero-order valence-corrected chi connectivity index (χ0v) is 17.8. The maximum absolute atomic E-state index is 11.7. The molecule has 0 saturated carbocycles. The van der Waals surface area contributed by atoms with E-state index in [1.807, 2.05) is 6.07 Å². The lowest BCUT2D eigenvalue weighted by Crippen LogP contribution is -2.48. The van der Waals surface area contributed by atoms with Crippen LogP contribution >= 0.6 is 35.6 Å². The van der Waals surface area contributed by atoms with Crippen LogP contribution in [0.15, 0.2) is 29.3 Å². The summed E-state index contributed by atoms with van der Waals surface area (Å²) in [4.78, 5) is 17.5. The molecule has 1 amide bonds. The molecular formula is C17H26ClIN4O3. The molecule has 0 aliphatic carbocycles. The molecule has 9 heteroatoms. The van der Waals surface area contributed by atoms with Crippen LogP contribution in [0.5, 0.6) is 0 Å². The van der Waals surface area contributed by atoms with E-state index in [9.17, 15) is 9.90 Å². The number of halogens is 2. The third-order valence-electron chi connectivity index (χ3n) is 4.07. The van der Waals surface area contributed by atoms with E-state index in [4.69, 9.17) is 22.1 Å². The highest BCUT2D eigenvalue weighted by Crippen LogP contribution is 2.22. The second-order valence-electron chi connectivity index (χ2n) is 5.87. The van der Waals surface area contributed by atoms with Crippen LogP contribution < -0.4 is 11.1 Å². The van der Waals surface area contributed by atoms with Crippen molar-refractivity contribution in [2.75, 3.05) is 26.2 Å². The first-order valence-corrected chi connectivity index (χ1v) is 8.79. The van der Waals surface area contributed by atoms with Gasteiger partial charge in [-0.05, 0) is 25.8 Å². The Balaban J connectivity index is 0.00000338. The highest BCUT2D eigenvalue weighted by Gasteiger charge is 2.23. The van der Waals surface area contributed by atoms with Crippen molar-refractivity contribution in [3.63, 3.8) is 0 Å². The predicted octanol–water partition coefficient (Wildman–Crippen LogP) is 2.52. The fourth-order valence-electron chi connectivity index (χ4n) is 2.70. The van der Waals surface area contributed by atoms with Crippen molar-refractivity contribution in [2.45, 2.75) is 31.9 Å². The maximum atomic E-state index is 11.7. The molecule has 1 aliphatic heterocycles. The van der Waals surface area contributed by atoms with Crippen molar-refractivity contribution < 1.29 is 14.6 Å². The van der Waals surface area contributed by atoms with Crippen LogP contribution in [0, 0.1) is 0 Å². The number of nitrogens with zero attached hydrogens (tertiary/aromatic N) is 2. The van der Waals surface area contributed by atoms with Gasteiger partial charge < -0.3 is 25.8 Å². The van der Waals surface area contributed by atoms with Crippen LogP contribution in [0.3, 0.4) is 0 Å². The summed E-state index contributed by atoms with van der Waals surface area (Å²) in [6, 6.07) is 7.25. The number of aliphatic hydroxyl groups is 1. The Bertz CT molecular complexity index is 609. The Hall–Kier alpha value is -1.26. The van der Waals surface area contributed by atoms with Gasteiger partial charge in [0.05, 0.1) is 13.2 Å². The number of nitrogens with one attached hydrogen (secondary N) is 1. The van der Waals surface area contributed by atoms with Gasteiger partial charge in [0.25, 0.3) is 0 Å². The standard InChI is InChI=1S/C17H25ClN4O3.HI/c1-2-25-17(24)22-9-7-12(8-10-22)21-16(19)20-11-15(23)13-5-3-4-6-14(13)18;/h3-6,12,15,23H,2,7-11H2,1H3,(H3,19,20,21);1H. The molecule has 0 spiro atoms. The number of hydrogen-bond acceptors (Lipinski definition) is 4. The van der Waals surface area contributed by atoms with E-state index in [1.54, 1.807) is 30.0 Å². The number of aliphatic imine (C=N–C) groups is 1. The highest BCUT2D eigenvalue weighted by molar-refractivity contribution is 14.0. The number of guanidine groups is 1. The largest absolute Gasteiger partial charge is 0.450 e. The van der Waals surface area contributed by atoms with Gasteiger partial charge in [0.15, 0.2) is 5.96 Å². The van der Waals surface area contributed by atoms with Crippen LogP contribution in [0.4, 0.5) is 4.79 Å². The SMILES string of the molecule is CCOC(=O)N1CCC(NC(N)=NCC(O)c2ccccc2Cl)CC1.I. The third-order valence-corrected chi connectivity index (χ3v) is 4.42. The van der Waals surface area contributed by atoms with Gasteiger partial charge in [-0.1, -0.05) is 29.8 Å². The summed E-state index contributed by atoms with van der Waals surface area (Å²) < 4.78 is 4.99. The maximum Gasteiger partial charge on any atom is 0.409 e. The van der Waals surface area contributed by atoms with E-state index < -0.39 is 6.10 Å². The molecule has 1 aromatic rings. The van der Waals surface area contributed by atoms with Crippen molar-refractivity contribution in [2.24, 2.45) is 10.7 Å². The molecule has 146 valence electrons. The fourth-order valence-corrected chi connectivity index (χ4v) is 2.97. The molecule has 1 saturated heterocycles. The van der Waals surface area contributed by atoms with Gasteiger partial charge in [0.1, 0.15) is 6.10 Å². The minimum Gasteiger partial charge on any atom is -0.450 e. The summed E-state index contributed by atoms with van der Waals surface area (Å²) in [5, 5.41) is 13.8. The molecule has 0 bridgehead atoms. The van der Waals surface area contributed by atoms with Gasteiger partial charge in [-0.25, -0.2) is 4.79 Å². The summed E-state index contributed by atoms with van der Waals surface area (Å²) in [5.41, 5.74) is 6.53. The van der Waals surface area contributed by atoms with E-state index in [2.05, 4.69) is 10.3 Å². The number of nitrogens with two attached hydrogens (primary N) is 1. The summed E-state index contributed by atoms with van der Waals surface area (Å²) >= 11 is 6.05. The van der Waals surface area contributed by atoms with E-state index in [1.165, 1.54) is 0 Å². The molecule has 1 atom stereocenters. The lowest BCUT2D eigenvalue weighted by molar-refractivity contribution is 0.0963. The van der Waals surface area contributed by atoms with Crippen molar-refractivity contribution in [3.05, 3.63) is 34.9 Å². The molecule has 7 nitrogen and oxygen atoms in total. The Morgan fingerprint density at radius 1 is 1.46 bits per heavy atom. The normalized spacial score (nSPS) is 16.6. The zero-order chi connectivity index (χ0) is 18.2. The van der Waals surface area contributed by atoms with Crippen LogP contribution in [0.25, 0.3) is 0 Å². The lowest BCUT2D eigenvalue weighted by Gasteiger charge is -2.31. The molecule has 4 N–H and O–H groups in total. The Morgan fingerprint density at radius 2 is 2.12 bits per heavy atom. The average Bonchev–Trinajstić information content (AvgIpc) is 2.61. The minimum absolute atomic E-state index is 0. The van der Waals surface area contributed by atoms with Crippen LogP contribution in [0.2, 0.25) is 5.02 Å². The molecule has 1 unspecified atom stereocenters. The number of carbonyl (C=O) groups excluding carboxylic acids is 1. The minimum atomic E-state index is -0.806. The molecular weight excluding hydrogens is 471 g/mol. The highest BCUT2D eigenvalue weighted by atomic mass is 127. The van der Waals surface area contributed by atoms with Crippen molar-refractivity contribution in [1.29, 1.82) is 0 Å². The molecule has 1 fully saturated rings. The van der Waals surface area contributed by atoms with Gasteiger partial charge in [-0.3, -0.25) is 4.99 Å². The van der Waals surface area contributed by atoms with Gasteiger partial charge in [0, 0.05) is 29.7 Å². The molecule has 1 aromatic carbocycles. The summed E-state index contributed by atoms with van der Waals surface area (Å²) in [7, 11) is 0. The summed E-state index contributed by atoms with van der Waals surface area (Å²) in [6.45, 7) is 3.53. The van der Waals surface area contributed by atoms with Crippen molar-refractivity contribution >= 4 is 47.6 Å². The van der Waals surface area contributed by atoms with Crippen LogP contribution in [-0.4, -0.2) is 54.3 Å². The van der Waals surface area contributed by atoms with Gasteiger partial charge >= 0.3 is 6.09 Å². The van der Waals surface area contributed by atoms with Crippen LogP contribution in [-0.2, 0) is 4.74 Å². The number of hydrogen-bond donors (Lipinski definition) is 3. The number of rotatable bonds is 5. The second kappa shape index (κ2) is 11.5. The van der Waals surface area contributed by atoms with Crippen LogP contribution in [0.1, 0.15) is 31.4 Å². The van der Waals surface area contributed by atoms with E-state index in [0.717, 1.165) is 12.8 Å². The zero-order valence-electron chi connectivity index (χ0n) is 14.7. The summed E-state index contributed by atoms with van der Waals surface area (Å²) in [5.74, 6) is 0.278. The number of benzene rings is 1. The number of likely N-dealkylation sites (tertiary alicyclic amines) is 1. The van der Waals surface area contributed by atoms with E-state index in [-0.39, 0.29) is 48.6 Å². The van der Waals surface area contributed by atoms with E-state index in [0.29, 0.717) is 30.3 Å². The van der Waals surface area contributed by atoms with Gasteiger partial charge in [-0.2, -0.15) is 0 Å². The third kappa shape index (κ3) is 6.81. The topological polar surface area (TPSA) is 100 Å². The first kappa shape index (κ1) is 22.8. The number of carbonyl (C=O) groups is 1. The Kier molecular flexibility index (Phi) is 10.0. The van der Waals surface area contributed by atoms with Gasteiger partial charge in [-0.15, -0.1) is 24.0 Å². The lowest BCUT2D eigenvalue weighted by atomic mass is 10.1. The molecule has 26 heavy (non-hydrogen) atoms. The predicted molar refractivity (Wildman–Crippen MR) is 113 cm³/mol. The van der Waals surface area contributed by atoms with Gasteiger partial charge in [0.2, 0.25) is 0 Å². The second-order valence-corrected chi connectivity index (χ2v) is 6.28. The fraction of sp³-hybridized carbons (Fsp3) is 0.529. The van der Waals surface area contributed by atoms with Crippen molar-refractivity contribution in [3.8, 4) is 0 Å². The van der Waals surface area contributed by atoms with Crippen molar-refractivity contribution in [1.82, 2.24) is 10.2 Å². The Morgan fingerprint density at radius 3 is 2.73 bits per heavy atom. The van der Waals surface area contributed by atoms with E-state index >= 15 is 0 Å². The smallest absolute Gasteiger partial charge is 0.409 e. The molecule has 1 heterocycles. The number of ether oxygens (including phenoxy) is 1. The molecule has 1 aliphatic rings.